The molecule has 0 saturated heterocycles. The number of ether oxygens (including phenoxy) is 1. The highest BCUT2D eigenvalue weighted by molar-refractivity contribution is 7.71. The third-order valence-electron chi connectivity index (χ3n) is 4.01. The number of aromatic amines is 1. The highest BCUT2D eigenvalue weighted by atomic mass is 32.1. The third-order valence-corrected chi connectivity index (χ3v) is 4.28. The largest absolute Gasteiger partial charge is 0.434 e. The zero-order valence-electron chi connectivity index (χ0n) is 14.2. The number of alkyl halides is 2. The molecular formula is C18H13F2N5O2S. The van der Waals surface area contributed by atoms with Gasteiger partial charge in [-0.05, 0) is 36.5 Å². The number of H-pyrrole nitrogens is 1. The van der Waals surface area contributed by atoms with Crippen LogP contribution < -0.4 is 10.1 Å². The first-order valence-electron chi connectivity index (χ1n) is 8.21. The molecule has 7 nitrogen and oxygen atoms in total. The lowest BCUT2D eigenvalue weighted by atomic mass is 10.2. The number of para-hydroxylation sites is 2. The van der Waals surface area contributed by atoms with Gasteiger partial charge >= 0.3 is 6.61 Å². The van der Waals surface area contributed by atoms with Gasteiger partial charge in [0.2, 0.25) is 4.77 Å². The molecular weight excluding hydrogens is 388 g/mol. The standard InChI is InChI=1S/C18H13F2N5O2S/c19-17(20)27-13-8-4-2-6-11(13)16(26)21-9-14-23-15-10-5-1-3-7-12(10)22-18(28)25(15)24-14/h1-8,17H,9H2,(H,21,26)(H,22,28). The fourth-order valence-corrected chi connectivity index (χ4v) is 3.05. The molecule has 4 aromatic rings. The number of hydrogen-bond acceptors (Lipinski definition) is 5. The number of hydrogen-bond donors (Lipinski definition) is 2. The molecule has 1 amide bonds. The summed E-state index contributed by atoms with van der Waals surface area (Å²) in [6, 6.07) is 13.3. The Kier molecular flexibility index (Phi) is 4.70. The van der Waals surface area contributed by atoms with Gasteiger partial charge in [0.15, 0.2) is 11.5 Å². The van der Waals surface area contributed by atoms with E-state index < -0.39 is 12.5 Å². The minimum absolute atomic E-state index is 0.00527. The Morgan fingerprint density at radius 2 is 1.96 bits per heavy atom. The van der Waals surface area contributed by atoms with Crippen molar-refractivity contribution in [2.24, 2.45) is 0 Å². The summed E-state index contributed by atoms with van der Waals surface area (Å²) >= 11 is 5.29. The van der Waals surface area contributed by atoms with Gasteiger partial charge in [0.05, 0.1) is 17.6 Å². The van der Waals surface area contributed by atoms with E-state index in [1.807, 2.05) is 24.3 Å². The van der Waals surface area contributed by atoms with Crippen LogP contribution in [-0.2, 0) is 6.54 Å². The summed E-state index contributed by atoms with van der Waals surface area (Å²) in [7, 11) is 0. The SMILES string of the molecule is O=C(NCc1nc2c3ccccc3[nH]c(=S)n2n1)c1ccccc1OC(F)F. The van der Waals surface area contributed by atoms with Gasteiger partial charge in [-0.25, -0.2) is 4.98 Å². The number of benzene rings is 2. The summed E-state index contributed by atoms with van der Waals surface area (Å²) in [6.07, 6.45) is 0. The molecule has 0 atom stereocenters. The monoisotopic (exact) mass is 401 g/mol. The second kappa shape index (κ2) is 7.31. The Morgan fingerprint density at radius 3 is 2.79 bits per heavy atom. The highest BCUT2D eigenvalue weighted by Gasteiger charge is 2.16. The maximum absolute atomic E-state index is 12.5. The Hall–Kier alpha value is -3.40. The van der Waals surface area contributed by atoms with Crippen LogP contribution in [0.4, 0.5) is 8.78 Å². The number of carbonyl (C=O) groups is 1. The van der Waals surface area contributed by atoms with Crippen molar-refractivity contribution in [2.75, 3.05) is 0 Å². The van der Waals surface area contributed by atoms with Gasteiger partial charge < -0.3 is 15.0 Å². The van der Waals surface area contributed by atoms with Crippen molar-refractivity contribution in [3.63, 3.8) is 0 Å². The lowest BCUT2D eigenvalue weighted by molar-refractivity contribution is -0.0501. The van der Waals surface area contributed by atoms with Crippen LogP contribution in [-0.4, -0.2) is 32.1 Å². The molecule has 0 aliphatic heterocycles. The van der Waals surface area contributed by atoms with Crippen LogP contribution >= 0.6 is 12.2 Å². The van der Waals surface area contributed by atoms with Gasteiger partial charge in [-0.15, -0.1) is 5.10 Å². The number of amides is 1. The normalized spacial score (nSPS) is 11.2. The molecule has 2 aromatic carbocycles. The molecule has 0 bridgehead atoms. The molecule has 0 radical (unpaired) electrons. The topological polar surface area (TPSA) is 84.3 Å². The average molecular weight is 401 g/mol. The number of nitrogens with zero attached hydrogens (tertiary/aromatic N) is 3. The molecule has 0 fully saturated rings. The van der Waals surface area contributed by atoms with Crippen molar-refractivity contribution in [3.05, 3.63) is 64.7 Å². The Labute approximate surface area is 162 Å². The van der Waals surface area contributed by atoms with Gasteiger partial charge in [-0.3, -0.25) is 4.79 Å². The minimum Gasteiger partial charge on any atom is -0.434 e. The van der Waals surface area contributed by atoms with Crippen LogP contribution in [0.5, 0.6) is 5.75 Å². The first kappa shape index (κ1) is 18.0. The van der Waals surface area contributed by atoms with Crippen molar-refractivity contribution in [3.8, 4) is 5.75 Å². The van der Waals surface area contributed by atoms with E-state index in [2.05, 4.69) is 25.1 Å². The molecule has 0 aliphatic carbocycles. The lowest BCUT2D eigenvalue weighted by Crippen LogP contribution is -2.24. The number of halogens is 2. The molecule has 0 aliphatic rings. The van der Waals surface area contributed by atoms with Crippen LogP contribution in [0.25, 0.3) is 16.6 Å². The van der Waals surface area contributed by atoms with Crippen LogP contribution in [0.1, 0.15) is 16.2 Å². The van der Waals surface area contributed by atoms with Gasteiger partial charge in [0.1, 0.15) is 5.75 Å². The van der Waals surface area contributed by atoms with E-state index in [0.717, 1.165) is 10.9 Å². The van der Waals surface area contributed by atoms with E-state index in [1.54, 1.807) is 6.07 Å². The molecule has 28 heavy (non-hydrogen) atoms. The average Bonchev–Trinajstić information content (AvgIpc) is 3.11. The van der Waals surface area contributed by atoms with E-state index in [1.165, 1.54) is 22.7 Å². The molecule has 0 saturated carbocycles. The van der Waals surface area contributed by atoms with E-state index >= 15 is 0 Å². The molecule has 4 rings (SSSR count). The Bertz CT molecular complexity index is 1240. The quantitative estimate of drug-likeness (QED) is 0.500. The third kappa shape index (κ3) is 3.41. The summed E-state index contributed by atoms with van der Waals surface area (Å²) in [6.45, 7) is -3.03. The van der Waals surface area contributed by atoms with Crippen molar-refractivity contribution >= 4 is 34.7 Å². The molecule has 142 valence electrons. The van der Waals surface area contributed by atoms with Crippen LogP contribution in [0, 0.1) is 4.77 Å². The molecule has 2 heterocycles. The highest BCUT2D eigenvalue weighted by Crippen LogP contribution is 2.20. The Balaban J connectivity index is 1.60. The lowest BCUT2D eigenvalue weighted by Gasteiger charge is -2.09. The van der Waals surface area contributed by atoms with Gasteiger partial charge in [-0.2, -0.15) is 13.3 Å². The summed E-state index contributed by atoms with van der Waals surface area (Å²) in [5, 5.41) is 7.74. The van der Waals surface area contributed by atoms with Crippen molar-refractivity contribution in [1.29, 1.82) is 0 Å². The maximum Gasteiger partial charge on any atom is 0.387 e. The number of fused-ring (bicyclic) bond motifs is 3. The fourth-order valence-electron chi connectivity index (χ4n) is 2.81. The van der Waals surface area contributed by atoms with Crippen molar-refractivity contribution < 1.29 is 18.3 Å². The molecule has 10 heteroatoms. The van der Waals surface area contributed by atoms with Gasteiger partial charge in [0.25, 0.3) is 5.91 Å². The van der Waals surface area contributed by atoms with E-state index in [9.17, 15) is 13.6 Å². The number of aromatic nitrogens is 4. The second-order valence-electron chi connectivity index (χ2n) is 5.80. The Morgan fingerprint density at radius 1 is 1.21 bits per heavy atom. The predicted molar refractivity (Wildman–Crippen MR) is 99.9 cm³/mol. The zero-order chi connectivity index (χ0) is 19.7. The molecule has 0 unspecified atom stereocenters. The van der Waals surface area contributed by atoms with Crippen LogP contribution in [0.2, 0.25) is 0 Å². The van der Waals surface area contributed by atoms with Gasteiger partial charge in [0, 0.05) is 5.39 Å². The molecule has 2 N–H and O–H groups in total. The number of carbonyl (C=O) groups excluding carboxylic acids is 1. The molecule has 0 spiro atoms. The van der Waals surface area contributed by atoms with Crippen molar-refractivity contribution in [2.45, 2.75) is 13.2 Å². The van der Waals surface area contributed by atoms with Crippen molar-refractivity contribution in [1.82, 2.24) is 24.9 Å². The minimum atomic E-state index is -3.02. The summed E-state index contributed by atoms with van der Waals surface area (Å²) < 4.78 is 31.2. The second-order valence-corrected chi connectivity index (χ2v) is 6.18. The van der Waals surface area contributed by atoms with Crippen LogP contribution in [0.15, 0.2) is 48.5 Å². The maximum atomic E-state index is 12.5. The van der Waals surface area contributed by atoms with E-state index in [0.29, 0.717) is 16.2 Å². The van der Waals surface area contributed by atoms with E-state index in [4.69, 9.17) is 12.2 Å². The van der Waals surface area contributed by atoms with E-state index in [-0.39, 0.29) is 17.9 Å². The van der Waals surface area contributed by atoms with Gasteiger partial charge in [-0.1, -0.05) is 24.3 Å². The zero-order valence-corrected chi connectivity index (χ0v) is 15.0. The number of rotatable bonds is 5. The summed E-state index contributed by atoms with van der Waals surface area (Å²) in [4.78, 5) is 19.9. The smallest absolute Gasteiger partial charge is 0.387 e. The number of nitrogens with one attached hydrogen (secondary N) is 2. The predicted octanol–water partition coefficient (Wildman–Crippen LogP) is 3.47. The summed E-state index contributed by atoms with van der Waals surface area (Å²) in [5.74, 6) is -0.451. The summed E-state index contributed by atoms with van der Waals surface area (Å²) in [5.41, 5.74) is 1.38. The first-order valence-corrected chi connectivity index (χ1v) is 8.62. The van der Waals surface area contributed by atoms with Crippen LogP contribution in [0.3, 0.4) is 0 Å². The molecule has 2 aromatic heterocycles. The fraction of sp³-hybridized carbons (Fsp3) is 0.111. The first-order chi connectivity index (χ1) is 13.5.